The monoisotopic (exact) mass is 363 g/mol. The van der Waals surface area contributed by atoms with E-state index in [4.69, 9.17) is 0 Å². The molecule has 0 saturated heterocycles. The van der Waals surface area contributed by atoms with Crippen molar-refractivity contribution in [1.82, 2.24) is 25.1 Å². The van der Waals surface area contributed by atoms with E-state index in [2.05, 4.69) is 20.4 Å². The molecule has 0 bridgehead atoms. The topological polar surface area (TPSA) is 75.6 Å². The molecule has 1 aromatic carbocycles. The Hall–Kier alpha value is -2.94. The Balaban J connectivity index is 1.92. The van der Waals surface area contributed by atoms with E-state index in [9.17, 15) is 18.0 Å². The van der Waals surface area contributed by atoms with Gasteiger partial charge in [-0.05, 0) is 31.7 Å². The van der Waals surface area contributed by atoms with Crippen molar-refractivity contribution in [2.75, 3.05) is 7.05 Å². The van der Waals surface area contributed by atoms with Gasteiger partial charge in [-0.15, -0.1) is 0 Å². The van der Waals surface area contributed by atoms with Gasteiger partial charge in [-0.3, -0.25) is 4.79 Å². The van der Waals surface area contributed by atoms with Crippen LogP contribution in [-0.4, -0.2) is 26.8 Å². The van der Waals surface area contributed by atoms with E-state index in [-0.39, 0.29) is 11.6 Å². The molecule has 26 heavy (non-hydrogen) atoms. The first-order valence-corrected chi connectivity index (χ1v) is 7.75. The van der Waals surface area contributed by atoms with Crippen molar-refractivity contribution in [1.29, 1.82) is 0 Å². The second-order valence-electron chi connectivity index (χ2n) is 5.75. The number of aryl methyl sites for hydroxylation is 1. The summed E-state index contributed by atoms with van der Waals surface area (Å²) in [5.41, 5.74) is 0.398. The van der Waals surface area contributed by atoms with Gasteiger partial charge < -0.3 is 10.3 Å². The Morgan fingerprint density at radius 3 is 2.46 bits per heavy atom. The smallest absolute Gasteiger partial charge is 0.311 e. The van der Waals surface area contributed by atoms with Gasteiger partial charge in [0.15, 0.2) is 5.82 Å². The Bertz CT molecular complexity index is 960. The molecule has 0 spiro atoms. The third kappa shape index (κ3) is 3.67. The first-order valence-electron chi connectivity index (χ1n) is 7.75. The molecule has 2 N–H and O–H groups in total. The molecule has 136 valence electrons. The third-order valence-electron chi connectivity index (χ3n) is 3.88. The predicted molar refractivity (Wildman–Crippen MR) is 89.1 cm³/mol. The molecular weight excluding hydrogens is 347 g/mol. The number of aromatic nitrogens is 4. The molecule has 2 aromatic heterocycles. The van der Waals surface area contributed by atoms with E-state index in [0.29, 0.717) is 17.2 Å². The zero-order valence-corrected chi connectivity index (χ0v) is 14.0. The van der Waals surface area contributed by atoms with Crippen molar-refractivity contribution in [2.45, 2.75) is 19.1 Å². The summed E-state index contributed by atoms with van der Waals surface area (Å²) < 4.78 is 39.6. The van der Waals surface area contributed by atoms with E-state index in [0.717, 1.165) is 17.7 Å². The highest BCUT2D eigenvalue weighted by Gasteiger charge is 2.30. The maximum absolute atomic E-state index is 12.7. The van der Waals surface area contributed by atoms with Gasteiger partial charge in [0.05, 0.1) is 17.8 Å². The Morgan fingerprint density at radius 2 is 1.88 bits per heavy atom. The van der Waals surface area contributed by atoms with Crippen LogP contribution >= 0.6 is 0 Å². The normalized spacial score (nSPS) is 13.0. The molecule has 1 unspecified atom stereocenters. The lowest BCUT2D eigenvalue weighted by Gasteiger charge is -2.16. The Morgan fingerprint density at radius 1 is 1.19 bits per heavy atom. The molecule has 0 aliphatic heterocycles. The summed E-state index contributed by atoms with van der Waals surface area (Å²) in [6.45, 7) is 1.66. The zero-order valence-electron chi connectivity index (χ0n) is 14.0. The van der Waals surface area contributed by atoms with Crippen LogP contribution in [0, 0.1) is 6.92 Å². The molecule has 1 atom stereocenters. The molecule has 0 amide bonds. The van der Waals surface area contributed by atoms with Crippen molar-refractivity contribution in [3.63, 3.8) is 0 Å². The fraction of sp³-hybridized carbons (Fsp3) is 0.235. The van der Waals surface area contributed by atoms with Crippen molar-refractivity contribution < 1.29 is 13.2 Å². The molecule has 0 aliphatic rings. The first-order chi connectivity index (χ1) is 12.3. The SMILES string of the molecule is CNC(c1ccc(C(F)(F)F)cc1)c1cnn(-c2cc(=O)[nH]c(C)n2)c1. The minimum absolute atomic E-state index is 0.294. The summed E-state index contributed by atoms with van der Waals surface area (Å²) in [4.78, 5) is 18.3. The quantitative estimate of drug-likeness (QED) is 0.747. The highest BCUT2D eigenvalue weighted by Crippen LogP contribution is 2.31. The lowest BCUT2D eigenvalue weighted by molar-refractivity contribution is -0.137. The van der Waals surface area contributed by atoms with Gasteiger partial charge in [0.1, 0.15) is 5.82 Å². The largest absolute Gasteiger partial charge is 0.416 e. The highest BCUT2D eigenvalue weighted by atomic mass is 19.4. The highest BCUT2D eigenvalue weighted by molar-refractivity contribution is 5.33. The predicted octanol–water partition coefficient (Wildman–Crippen LogP) is 2.59. The van der Waals surface area contributed by atoms with Crippen LogP contribution in [0.15, 0.2) is 47.5 Å². The molecule has 0 aliphatic carbocycles. The molecule has 0 fully saturated rings. The lowest BCUT2D eigenvalue weighted by Crippen LogP contribution is -2.17. The van der Waals surface area contributed by atoms with Crippen molar-refractivity contribution in [3.05, 3.63) is 75.6 Å². The molecule has 2 heterocycles. The van der Waals surface area contributed by atoms with Gasteiger partial charge in [0.25, 0.3) is 5.56 Å². The Labute approximate surface area is 146 Å². The summed E-state index contributed by atoms with van der Waals surface area (Å²) in [5.74, 6) is 0.817. The molecule has 3 aromatic rings. The number of halogens is 3. The molecule has 3 rings (SSSR count). The van der Waals surface area contributed by atoms with Crippen LogP contribution in [0.1, 0.15) is 28.6 Å². The van der Waals surface area contributed by atoms with Crippen LogP contribution in [0.2, 0.25) is 0 Å². The van der Waals surface area contributed by atoms with Crippen molar-refractivity contribution >= 4 is 0 Å². The van der Waals surface area contributed by atoms with Crippen LogP contribution in [0.4, 0.5) is 13.2 Å². The fourth-order valence-corrected chi connectivity index (χ4v) is 2.68. The van der Waals surface area contributed by atoms with Gasteiger partial charge in [-0.25, -0.2) is 9.67 Å². The molecule has 0 saturated carbocycles. The van der Waals surface area contributed by atoms with Gasteiger partial charge in [0, 0.05) is 17.8 Å². The maximum atomic E-state index is 12.7. The number of rotatable bonds is 4. The van der Waals surface area contributed by atoms with Gasteiger partial charge in [-0.1, -0.05) is 12.1 Å². The number of aromatic amines is 1. The fourth-order valence-electron chi connectivity index (χ4n) is 2.68. The standard InChI is InChI=1S/C17H16F3N5O/c1-10-23-14(7-15(26)24-10)25-9-12(8-22-25)16(21-2)11-3-5-13(6-4-11)17(18,19)20/h3-9,16,21H,1-2H3,(H,23,24,26). The number of nitrogens with zero attached hydrogens (tertiary/aromatic N) is 3. The number of hydrogen-bond acceptors (Lipinski definition) is 4. The average molecular weight is 363 g/mol. The number of H-pyrrole nitrogens is 1. The summed E-state index contributed by atoms with van der Waals surface area (Å²) in [6.07, 6.45) is -1.11. The van der Waals surface area contributed by atoms with Crippen LogP contribution in [0.25, 0.3) is 5.82 Å². The van der Waals surface area contributed by atoms with E-state index in [1.54, 1.807) is 26.4 Å². The number of nitrogens with one attached hydrogen (secondary N) is 2. The molecule has 0 radical (unpaired) electrons. The number of hydrogen-bond donors (Lipinski definition) is 2. The Kier molecular flexibility index (Phi) is 4.64. The van der Waals surface area contributed by atoms with Gasteiger partial charge >= 0.3 is 6.18 Å². The minimum Gasteiger partial charge on any atom is -0.311 e. The average Bonchev–Trinajstić information content (AvgIpc) is 3.04. The van der Waals surface area contributed by atoms with Crippen molar-refractivity contribution in [3.8, 4) is 5.82 Å². The van der Waals surface area contributed by atoms with Crippen molar-refractivity contribution in [2.24, 2.45) is 0 Å². The van der Waals surface area contributed by atoms with Crippen LogP contribution < -0.4 is 10.9 Å². The molecular formula is C17H16F3N5O. The zero-order chi connectivity index (χ0) is 18.9. The first kappa shape index (κ1) is 17.9. The van der Waals surface area contributed by atoms with Crippen LogP contribution in [-0.2, 0) is 6.18 Å². The van der Waals surface area contributed by atoms with Gasteiger partial charge in [0.2, 0.25) is 0 Å². The maximum Gasteiger partial charge on any atom is 0.416 e. The minimum atomic E-state index is -4.37. The van der Waals surface area contributed by atoms with Crippen LogP contribution in [0.5, 0.6) is 0 Å². The van der Waals surface area contributed by atoms with E-state index in [1.807, 2.05) is 0 Å². The second kappa shape index (κ2) is 6.75. The van der Waals surface area contributed by atoms with E-state index >= 15 is 0 Å². The summed E-state index contributed by atoms with van der Waals surface area (Å²) in [5, 5.41) is 7.26. The summed E-state index contributed by atoms with van der Waals surface area (Å²) in [6, 6.07) is 5.91. The third-order valence-corrected chi connectivity index (χ3v) is 3.88. The lowest BCUT2D eigenvalue weighted by atomic mass is 10.0. The second-order valence-corrected chi connectivity index (χ2v) is 5.75. The van der Waals surface area contributed by atoms with Crippen LogP contribution in [0.3, 0.4) is 0 Å². The summed E-state index contributed by atoms with van der Waals surface area (Å²) in [7, 11) is 1.70. The number of benzene rings is 1. The molecule has 9 heteroatoms. The summed E-state index contributed by atoms with van der Waals surface area (Å²) >= 11 is 0. The number of alkyl halides is 3. The van der Waals surface area contributed by atoms with E-state index < -0.39 is 11.7 Å². The van der Waals surface area contributed by atoms with Gasteiger partial charge in [-0.2, -0.15) is 18.3 Å². The molecule has 6 nitrogen and oxygen atoms in total. The van der Waals surface area contributed by atoms with E-state index in [1.165, 1.54) is 22.9 Å².